The second-order valence-corrected chi connectivity index (χ2v) is 9.62. The van der Waals surface area contributed by atoms with Crippen LogP contribution in [-0.2, 0) is 0 Å². The minimum absolute atomic E-state index is 0.104. The molecule has 0 saturated carbocycles. The largest absolute Gasteiger partial charge is 0.478 e. The van der Waals surface area contributed by atoms with Crippen LogP contribution in [-0.4, -0.2) is 49.1 Å². The Balaban J connectivity index is 1.62. The van der Waals surface area contributed by atoms with Gasteiger partial charge in [0.15, 0.2) is 0 Å². The van der Waals surface area contributed by atoms with Gasteiger partial charge in [0.05, 0.1) is 24.7 Å². The van der Waals surface area contributed by atoms with Crippen molar-refractivity contribution in [2.45, 2.75) is 18.8 Å². The van der Waals surface area contributed by atoms with Crippen molar-refractivity contribution in [2.24, 2.45) is 0 Å². The molecule has 1 N–H and O–H groups in total. The van der Waals surface area contributed by atoms with E-state index in [0.29, 0.717) is 44.5 Å². The van der Waals surface area contributed by atoms with E-state index in [1.54, 1.807) is 54.6 Å². The molecule has 2 fully saturated rings. The van der Waals surface area contributed by atoms with Crippen LogP contribution in [0.2, 0.25) is 0 Å². The third-order valence-corrected chi connectivity index (χ3v) is 6.78. The first-order valence-electron chi connectivity index (χ1n) is 11.4. The van der Waals surface area contributed by atoms with E-state index >= 15 is 0 Å². The second kappa shape index (κ2) is 7.56. The van der Waals surface area contributed by atoms with Crippen molar-refractivity contribution in [3.63, 3.8) is 0 Å². The molecular formula is C27H21F4N2O3+. The fourth-order valence-electron chi connectivity index (χ4n) is 4.99. The van der Waals surface area contributed by atoms with E-state index < -0.39 is 44.0 Å². The van der Waals surface area contributed by atoms with E-state index in [1.165, 1.54) is 9.48 Å². The first-order valence-corrected chi connectivity index (χ1v) is 11.4. The smallest absolute Gasteiger partial charge is 0.361 e. The maximum atomic E-state index is 13.5. The predicted molar refractivity (Wildman–Crippen MR) is 127 cm³/mol. The summed E-state index contributed by atoms with van der Waals surface area (Å²) in [6.45, 7) is 0.276. The van der Waals surface area contributed by atoms with Gasteiger partial charge >= 0.3 is 11.9 Å². The number of alkyl halides is 4. The molecule has 2 aromatic carbocycles. The first kappa shape index (κ1) is 22.6. The van der Waals surface area contributed by atoms with Crippen molar-refractivity contribution >= 4 is 22.6 Å². The summed E-state index contributed by atoms with van der Waals surface area (Å²) in [5, 5.41) is 11.1. The van der Waals surface area contributed by atoms with E-state index in [-0.39, 0.29) is 5.56 Å². The third kappa shape index (κ3) is 3.70. The first-order chi connectivity index (χ1) is 17.0. The van der Waals surface area contributed by atoms with Gasteiger partial charge < -0.3 is 14.4 Å². The van der Waals surface area contributed by atoms with Crippen LogP contribution < -0.4 is 14.8 Å². The molecule has 3 aliphatic heterocycles. The maximum Gasteiger partial charge on any atom is 0.361 e. The molecule has 36 heavy (non-hydrogen) atoms. The molecule has 0 spiro atoms. The van der Waals surface area contributed by atoms with Gasteiger partial charge in [-0.2, -0.15) is 8.78 Å². The number of benzene rings is 3. The number of rotatable bonds is 3. The Kier molecular flexibility index (Phi) is 4.74. The number of carboxylic acids is 1. The lowest BCUT2D eigenvalue weighted by Gasteiger charge is -2.40. The molecule has 2 saturated heterocycles. The molecular weight excluding hydrogens is 476 g/mol. The van der Waals surface area contributed by atoms with Crippen molar-refractivity contribution in [3.05, 3.63) is 71.1 Å². The van der Waals surface area contributed by atoms with Gasteiger partial charge in [0.25, 0.3) is 5.92 Å². The lowest BCUT2D eigenvalue weighted by atomic mass is 9.89. The van der Waals surface area contributed by atoms with Crippen LogP contribution in [0.5, 0.6) is 0 Å². The molecule has 2 aromatic rings. The normalized spacial score (nSPS) is 18.2. The summed E-state index contributed by atoms with van der Waals surface area (Å²) in [6.07, 6.45) is 0. The van der Waals surface area contributed by atoms with Gasteiger partial charge in [-0.05, 0) is 36.8 Å². The van der Waals surface area contributed by atoms with Crippen LogP contribution in [0.15, 0.2) is 59.0 Å². The number of halogens is 4. The molecule has 184 valence electrons. The number of fused-ring (bicyclic) bond motifs is 2. The standard InChI is InChI=1S/C27H20F4N2O3/c1-15-2-5-18(25(34)35)21(8-15)24-19-6-3-16(32-11-26(28,29)12-32)9-22(19)36-23-10-17(4-7-20(23)24)33-13-27(30,31)14-33/h2-10H,11-14H2,1H3/p+1. The number of hydrogen-bond acceptors (Lipinski definition) is 3. The summed E-state index contributed by atoms with van der Waals surface area (Å²) in [5.41, 5.74) is 3.63. The molecule has 6 rings (SSSR count). The SMILES string of the molecule is Cc1ccc(C(=O)O)c(-c2c3ccc(=[N+]4CC(F)(F)C4)cc-3oc3cc(N4CC(F)(F)C4)ccc23)c1. The van der Waals surface area contributed by atoms with Gasteiger partial charge in [-0.25, -0.2) is 18.2 Å². The summed E-state index contributed by atoms with van der Waals surface area (Å²) < 4.78 is 61.6. The predicted octanol–water partition coefficient (Wildman–Crippen LogP) is 5.09. The highest BCUT2D eigenvalue weighted by Crippen LogP contribution is 2.43. The van der Waals surface area contributed by atoms with Crippen LogP contribution in [0, 0.1) is 6.92 Å². The molecule has 1 aliphatic carbocycles. The van der Waals surface area contributed by atoms with Gasteiger partial charge in [-0.15, -0.1) is 0 Å². The van der Waals surface area contributed by atoms with Crippen molar-refractivity contribution in [3.8, 4) is 22.5 Å². The van der Waals surface area contributed by atoms with Gasteiger partial charge in [0, 0.05) is 34.3 Å². The Morgan fingerprint density at radius 3 is 2.36 bits per heavy atom. The van der Waals surface area contributed by atoms with Gasteiger partial charge in [0.1, 0.15) is 11.3 Å². The molecule has 0 bridgehead atoms. The highest BCUT2D eigenvalue weighted by molar-refractivity contribution is 6.08. The number of carbonyl (C=O) groups is 1. The quantitative estimate of drug-likeness (QED) is 0.244. The highest BCUT2D eigenvalue weighted by atomic mass is 19.3. The van der Waals surface area contributed by atoms with Crippen molar-refractivity contribution in [1.82, 2.24) is 4.58 Å². The Morgan fingerprint density at radius 1 is 0.944 bits per heavy atom. The van der Waals surface area contributed by atoms with E-state index in [0.717, 1.165) is 5.56 Å². The zero-order valence-corrected chi connectivity index (χ0v) is 19.2. The molecule has 0 aromatic heterocycles. The topological polar surface area (TPSA) is 56.7 Å². The lowest BCUT2D eigenvalue weighted by molar-refractivity contribution is -0.0644. The van der Waals surface area contributed by atoms with Gasteiger partial charge in [0.2, 0.25) is 18.4 Å². The molecule has 0 atom stereocenters. The van der Waals surface area contributed by atoms with Crippen molar-refractivity contribution < 1.29 is 31.9 Å². The summed E-state index contributed by atoms with van der Waals surface area (Å²) in [7, 11) is 0. The Bertz CT molecular complexity index is 1590. The fourth-order valence-corrected chi connectivity index (χ4v) is 4.99. The van der Waals surface area contributed by atoms with Gasteiger partial charge in [-0.3, -0.25) is 0 Å². The zero-order chi connectivity index (χ0) is 25.4. The van der Waals surface area contributed by atoms with Crippen LogP contribution in [0.1, 0.15) is 15.9 Å². The summed E-state index contributed by atoms with van der Waals surface area (Å²) >= 11 is 0. The van der Waals surface area contributed by atoms with Crippen LogP contribution in [0.3, 0.4) is 0 Å². The van der Waals surface area contributed by atoms with Crippen LogP contribution >= 0.6 is 0 Å². The van der Waals surface area contributed by atoms with E-state index in [4.69, 9.17) is 4.42 Å². The number of hydrogen-bond donors (Lipinski definition) is 1. The number of aryl methyl sites for hydroxylation is 1. The van der Waals surface area contributed by atoms with E-state index in [1.807, 2.05) is 6.92 Å². The Labute approximate surface area is 202 Å². The highest BCUT2D eigenvalue weighted by Gasteiger charge is 2.50. The lowest BCUT2D eigenvalue weighted by Crippen LogP contribution is -2.57. The Hall–Kier alpha value is -3.88. The van der Waals surface area contributed by atoms with Crippen molar-refractivity contribution in [1.29, 1.82) is 0 Å². The third-order valence-electron chi connectivity index (χ3n) is 6.78. The molecule has 4 aliphatic rings. The van der Waals surface area contributed by atoms with Crippen LogP contribution in [0.25, 0.3) is 33.4 Å². The molecule has 0 unspecified atom stereocenters. The molecule has 5 nitrogen and oxygen atoms in total. The monoisotopic (exact) mass is 497 g/mol. The average molecular weight is 497 g/mol. The second-order valence-electron chi connectivity index (χ2n) is 9.62. The molecule has 3 heterocycles. The number of aromatic carboxylic acids is 1. The zero-order valence-electron chi connectivity index (χ0n) is 19.2. The minimum atomic E-state index is -2.74. The number of nitrogens with zero attached hydrogens (tertiary/aromatic N) is 2. The van der Waals surface area contributed by atoms with E-state index in [2.05, 4.69) is 0 Å². The fraction of sp³-hybridized carbons (Fsp3) is 0.259. The van der Waals surface area contributed by atoms with Gasteiger partial charge in [-0.1, -0.05) is 17.7 Å². The van der Waals surface area contributed by atoms with Crippen LogP contribution in [0.4, 0.5) is 23.2 Å². The molecule has 0 amide bonds. The summed E-state index contributed by atoms with van der Waals surface area (Å²) in [5.74, 6) is -6.19. The Morgan fingerprint density at radius 2 is 1.69 bits per heavy atom. The minimum Gasteiger partial charge on any atom is -0.478 e. The number of anilines is 1. The number of carboxylic acid groups (broad SMARTS) is 1. The van der Waals surface area contributed by atoms with E-state index in [9.17, 15) is 27.5 Å². The average Bonchev–Trinajstić information content (AvgIpc) is 2.78. The maximum absolute atomic E-state index is 13.5. The molecule has 0 radical (unpaired) electrons. The molecule has 9 heteroatoms. The van der Waals surface area contributed by atoms with Crippen molar-refractivity contribution in [2.75, 3.05) is 31.1 Å². The summed E-state index contributed by atoms with van der Waals surface area (Å²) in [6, 6.07) is 15.3. The summed E-state index contributed by atoms with van der Waals surface area (Å²) in [4.78, 5) is 13.6.